The van der Waals surface area contributed by atoms with Gasteiger partial charge in [-0.25, -0.2) is 0 Å². The van der Waals surface area contributed by atoms with Crippen LogP contribution in [0.4, 0.5) is 5.69 Å². The second-order valence-corrected chi connectivity index (χ2v) is 8.43. The highest BCUT2D eigenvalue weighted by atomic mass is 32.2. The van der Waals surface area contributed by atoms with Crippen molar-refractivity contribution in [2.45, 2.75) is 18.6 Å². The predicted molar refractivity (Wildman–Crippen MR) is 132 cm³/mol. The van der Waals surface area contributed by atoms with Crippen molar-refractivity contribution in [2.75, 3.05) is 24.7 Å². The molecule has 0 saturated carbocycles. The summed E-state index contributed by atoms with van der Waals surface area (Å²) in [5.41, 5.74) is 2.61. The van der Waals surface area contributed by atoms with Crippen LogP contribution in [0.1, 0.15) is 21.7 Å². The van der Waals surface area contributed by atoms with Gasteiger partial charge in [-0.2, -0.15) is 0 Å². The van der Waals surface area contributed by atoms with Crippen LogP contribution in [0.5, 0.6) is 5.75 Å². The smallest absolute Gasteiger partial charge is 0.277 e. The molecule has 2 aromatic heterocycles. The molecule has 9 nitrogen and oxygen atoms in total. The number of amides is 2. The average Bonchev–Trinajstić information content (AvgIpc) is 3.52. The molecule has 0 aliphatic carbocycles. The Hall–Kier alpha value is -4.05. The summed E-state index contributed by atoms with van der Waals surface area (Å²) in [5.74, 6) is 1.26. The fourth-order valence-corrected chi connectivity index (χ4v) is 3.86. The summed E-state index contributed by atoms with van der Waals surface area (Å²) in [7, 11) is 1.62. The molecule has 0 fully saturated rings. The Labute approximate surface area is 206 Å². The molecule has 180 valence electrons. The highest BCUT2D eigenvalue weighted by Crippen LogP contribution is 2.26. The van der Waals surface area contributed by atoms with Gasteiger partial charge in [0, 0.05) is 6.54 Å². The number of aryl methyl sites for hydroxylation is 1. The third-order valence-electron chi connectivity index (χ3n) is 5.13. The van der Waals surface area contributed by atoms with Crippen LogP contribution in [0.3, 0.4) is 0 Å². The van der Waals surface area contributed by atoms with Gasteiger partial charge in [0.15, 0.2) is 0 Å². The number of anilines is 1. The number of aromatic nitrogens is 2. The Morgan fingerprint density at radius 3 is 2.60 bits per heavy atom. The number of nitrogens with one attached hydrogen (secondary N) is 2. The number of furan rings is 1. The van der Waals surface area contributed by atoms with Crippen molar-refractivity contribution in [3.8, 4) is 17.2 Å². The largest absolute Gasteiger partial charge is 0.497 e. The maximum Gasteiger partial charge on any atom is 0.277 e. The van der Waals surface area contributed by atoms with E-state index in [9.17, 15) is 9.59 Å². The minimum Gasteiger partial charge on any atom is -0.497 e. The third-order valence-corrected chi connectivity index (χ3v) is 5.94. The zero-order chi connectivity index (χ0) is 24.6. The summed E-state index contributed by atoms with van der Waals surface area (Å²) in [6.07, 6.45) is 2.22. The van der Waals surface area contributed by atoms with Crippen LogP contribution in [-0.4, -0.2) is 41.4 Å². The van der Waals surface area contributed by atoms with Gasteiger partial charge in [0.1, 0.15) is 11.5 Å². The number of carbonyl (C=O) groups is 2. The Kier molecular flexibility index (Phi) is 7.84. The zero-order valence-corrected chi connectivity index (χ0v) is 20.1. The van der Waals surface area contributed by atoms with Crippen LogP contribution in [0.15, 0.2) is 74.9 Å². The molecule has 0 saturated heterocycles. The quantitative estimate of drug-likeness (QED) is 0.314. The molecule has 2 amide bonds. The highest BCUT2D eigenvalue weighted by molar-refractivity contribution is 7.99. The SMILES string of the molecule is COc1ccc(CCNC(=O)c2ccccc2NC(=O)CSc2nnc(-c3ccoc3C)o2)cc1. The van der Waals surface area contributed by atoms with Gasteiger partial charge >= 0.3 is 0 Å². The van der Waals surface area contributed by atoms with E-state index in [0.717, 1.165) is 23.1 Å². The number of hydrogen-bond donors (Lipinski definition) is 2. The molecule has 0 unspecified atom stereocenters. The first-order chi connectivity index (χ1) is 17.0. The Morgan fingerprint density at radius 2 is 1.86 bits per heavy atom. The summed E-state index contributed by atoms with van der Waals surface area (Å²) < 4.78 is 16.0. The number of rotatable bonds is 10. The summed E-state index contributed by atoms with van der Waals surface area (Å²) in [6.45, 7) is 2.26. The number of hydrogen-bond acceptors (Lipinski definition) is 8. The molecule has 0 aliphatic heterocycles. The molecule has 0 atom stereocenters. The first-order valence-corrected chi connectivity index (χ1v) is 11.8. The van der Waals surface area contributed by atoms with E-state index in [1.807, 2.05) is 24.3 Å². The van der Waals surface area contributed by atoms with Gasteiger partial charge in [0.25, 0.3) is 17.0 Å². The Morgan fingerprint density at radius 1 is 1.06 bits per heavy atom. The molecule has 2 aromatic carbocycles. The predicted octanol–water partition coefficient (Wildman–Crippen LogP) is 4.35. The van der Waals surface area contributed by atoms with Gasteiger partial charge in [0.05, 0.1) is 35.9 Å². The summed E-state index contributed by atoms with van der Waals surface area (Å²) in [4.78, 5) is 25.3. The molecule has 0 radical (unpaired) electrons. The summed E-state index contributed by atoms with van der Waals surface area (Å²) in [6, 6.07) is 16.3. The maximum absolute atomic E-state index is 12.7. The second-order valence-electron chi connectivity index (χ2n) is 7.50. The maximum atomic E-state index is 12.7. The fourth-order valence-electron chi connectivity index (χ4n) is 3.30. The molecule has 0 spiro atoms. The summed E-state index contributed by atoms with van der Waals surface area (Å²) >= 11 is 1.11. The zero-order valence-electron chi connectivity index (χ0n) is 19.2. The van der Waals surface area contributed by atoms with Crippen molar-refractivity contribution >= 4 is 29.3 Å². The molecule has 2 heterocycles. The van der Waals surface area contributed by atoms with Crippen LogP contribution in [-0.2, 0) is 11.2 Å². The van der Waals surface area contributed by atoms with E-state index in [4.69, 9.17) is 13.6 Å². The number of benzene rings is 2. The topological polar surface area (TPSA) is 119 Å². The van der Waals surface area contributed by atoms with Crippen molar-refractivity contribution < 1.29 is 23.2 Å². The van der Waals surface area contributed by atoms with E-state index in [1.54, 1.807) is 50.6 Å². The molecule has 10 heteroatoms. The molecule has 4 rings (SSSR count). The van der Waals surface area contributed by atoms with E-state index in [1.165, 1.54) is 0 Å². The lowest BCUT2D eigenvalue weighted by atomic mass is 10.1. The van der Waals surface area contributed by atoms with Gasteiger partial charge in [0.2, 0.25) is 5.91 Å². The molecular weight excluding hydrogens is 468 g/mol. The molecule has 4 aromatic rings. The van der Waals surface area contributed by atoms with E-state index in [2.05, 4.69) is 20.8 Å². The molecule has 0 aliphatic rings. The number of ether oxygens (including phenoxy) is 1. The van der Waals surface area contributed by atoms with Crippen LogP contribution < -0.4 is 15.4 Å². The van der Waals surface area contributed by atoms with E-state index in [-0.39, 0.29) is 22.8 Å². The van der Waals surface area contributed by atoms with Crippen molar-refractivity contribution in [1.29, 1.82) is 0 Å². The van der Waals surface area contributed by atoms with Crippen LogP contribution in [0.2, 0.25) is 0 Å². The second kappa shape index (κ2) is 11.4. The average molecular weight is 493 g/mol. The van der Waals surface area contributed by atoms with Gasteiger partial charge in [-0.15, -0.1) is 10.2 Å². The first kappa shape index (κ1) is 24.1. The summed E-state index contributed by atoms with van der Waals surface area (Å²) in [5, 5.41) is 13.9. The minimum absolute atomic E-state index is 0.0411. The van der Waals surface area contributed by atoms with Crippen molar-refractivity contribution in [1.82, 2.24) is 15.5 Å². The number of nitrogens with zero attached hydrogens (tertiary/aromatic N) is 2. The van der Waals surface area contributed by atoms with Gasteiger partial charge in [-0.05, 0) is 49.2 Å². The third kappa shape index (κ3) is 6.30. The Bertz CT molecular complexity index is 1300. The van der Waals surface area contributed by atoms with Crippen LogP contribution in [0, 0.1) is 6.92 Å². The first-order valence-electron chi connectivity index (χ1n) is 10.8. The lowest BCUT2D eigenvalue weighted by Gasteiger charge is -2.11. The number of carbonyl (C=O) groups excluding carboxylic acids is 2. The number of thioether (sulfide) groups is 1. The minimum atomic E-state index is -0.298. The highest BCUT2D eigenvalue weighted by Gasteiger charge is 2.16. The van der Waals surface area contributed by atoms with Crippen molar-refractivity contribution in [2.24, 2.45) is 0 Å². The molecular formula is C25H24N4O5S. The lowest BCUT2D eigenvalue weighted by Crippen LogP contribution is -2.27. The number of para-hydroxylation sites is 1. The van der Waals surface area contributed by atoms with E-state index < -0.39 is 0 Å². The van der Waals surface area contributed by atoms with Gasteiger partial charge in [-0.1, -0.05) is 36.0 Å². The van der Waals surface area contributed by atoms with Crippen molar-refractivity contribution in [3.05, 3.63) is 77.7 Å². The van der Waals surface area contributed by atoms with Crippen LogP contribution >= 0.6 is 11.8 Å². The van der Waals surface area contributed by atoms with Crippen molar-refractivity contribution in [3.63, 3.8) is 0 Å². The standard InChI is InChI=1S/C25H24N4O5S/c1-16-19(12-14-33-16)24-28-29-25(34-24)35-15-22(30)27-21-6-4-3-5-20(21)23(31)26-13-11-17-7-9-18(32-2)10-8-17/h3-10,12,14H,11,13,15H2,1-2H3,(H,26,31)(H,27,30). The van der Waals surface area contributed by atoms with E-state index in [0.29, 0.717) is 41.4 Å². The van der Waals surface area contributed by atoms with E-state index >= 15 is 0 Å². The number of methoxy groups -OCH3 is 1. The van der Waals surface area contributed by atoms with Gasteiger partial charge in [-0.3, -0.25) is 9.59 Å². The monoisotopic (exact) mass is 492 g/mol. The lowest BCUT2D eigenvalue weighted by molar-refractivity contribution is -0.113. The molecule has 0 bridgehead atoms. The molecule has 35 heavy (non-hydrogen) atoms. The van der Waals surface area contributed by atoms with Gasteiger partial charge < -0.3 is 24.2 Å². The Balaban J connectivity index is 1.29. The van der Waals surface area contributed by atoms with Crippen LogP contribution in [0.25, 0.3) is 11.5 Å². The normalized spacial score (nSPS) is 10.7. The molecule has 2 N–H and O–H groups in total. The fraction of sp³-hybridized carbons (Fsp3) is 0.200.